The molecule has 0 bridgehead atoms. The first-order valence-electron chi connectivity index (χ1n) is 9.64. The van der Waals surface area contributed by atoms with Gasteiger partial charge in [-0.2, -0.15) is 0 Å². The van der Waals surface area contributed by atoms with Gasteiger partial charge in [-0.25, -0.2) is 0 Å². The predicted octanol–water partition coefficient (Wildman–Crippen LogP) is 1.88. The number of carbonyl (C=O) groups excluding carboxylic acids is 4. The van der Waals surface area contributed by atoms with Crippen molar-refractivity contribution in [2.45, 2.75) is 31.8 Å². The summed E-state index contributed by atoms with van der Waals surface area (Å²) in [5.74, 6) is -1.06. The molecular weight excluding hydrogens is 370 g/mol. The topological polar surface area (TPSA) is 95.6 Å². The lowest BCUT2D eigenvalue weighted by atomic mass is 10.1. The van der Waals surface area contributed by atoms with Crippen molar-refractivity contribution in [3.63, 3.8) is 0 Å². The average molecular weight is 391 g/mol. The van der Waals surface area contributed by atoms with Crippen LogP contribution in [0.1, 0.15) is 55.9 Å². The third-order valence-electron chi connectivity index (χ3n) is 5.06. The molecular formula is C22H21N3O4. The van der Waals surface area contributed by atoms with Gasteiger partial charge in [0.2, 0.25) is 5.91 Å². The van der Waals surface area contributed by atoms with E-state index in [1.165, 1.54) is 0 Å². The van der Waals surface area contributed by atoms with E-state index in [4.69, 9.17) is 0 Å². The molecule has 1 heterocycles. The first kappa shape index (κ1) is 18.9. The van der Waals surface area contributed by atoms with Crippen molar-refractivity contribution in [1.82, 2.24) is 15.5 Å². The van der Waals surface area contributed by atoms with Crippen LogP contribution in [-0.4, -0.2) is 41.1 Å². The van der Waals surface area contributed by atoms with Crippen LogP contribution in [-0.2, 0) is 11.3 Å². The van der Waals surface area contributed by atoms with Gasteiger partial charge in [-0.15, -0.1) is 0 Å². The standard InChI is InChI=1S/C22H21N3O4/c26-19(11-12-25-21(28)17-3-1-2-4-18(17)22(25)29)23-13-14-5-7-15(8-6-14)20(27)24-16-9-10-16/h1-8,16H,9-13H2,(H,23,26)(H,24,27). The molecule has 0 unspecified atom stereocenters. The van der Waals surface area contributed by atoms with Gasteiger partial charge in [-0.05, 0) is 42.7 Å². The molecule has 1 aliphatic heterocycles. The van der Waals surface area contributed by atoms with Gasteiger partial charge in [-0.3, -0.25) is 24.1 Å². The molecule has 0 saturated heterocycles. The second-order valence-electron chi connectivity index (χ2n) is 7.28. The Morgan fingerprint density at radius 1 is 0.931 bits per heavy atom. The highest BCUT2D eigenvalue weighted by Gasteiger charge is 2.34. The SMILES string of the molecule is O=C(CCN1C(=O)c2ccccc2C1=O)NCc1ccc(C(=O)NC2CC2)cc1. The maximum atomic E-state index is 12.3. The molecule has 2 aromatic carbocycles. The summed E-state index contributed by atoms with van der Waals surface area (Å²) in [5.41, 5.74) is 2.21. The smallest absolute Gasteiger partial charge is 0.261 e. The van der Waals surface area contributed by atoms with Gasteiger partial charge in [0.15, 0.2) is 0 Å². The lowest BCUT2D eigenvalue weighted by molar-refractivity contribution is -0.121. The van der Waals surface area contributed by atoms with Crippen molar-refractivity contribution in [2.75, 3.05) is 6.54 Å². The summed E-state index contributed by atoms with van der Waals surface area (Å²) < 4.78 is 0. The van der Waals surface area contributed by atoms with E-state index in [1.54, 1.807) is 48.5 Å². The quantitative estimate of drug-likeness (QED) is 0.705. The second kappa shape index (κ2) is 7.87. The van der Waals surface area contributed by atoms with Crippen molar-refractivity contribution in [3.05, 3.63) is 70.8 Å². The van der Waals surface area contributed by atoms with Gasteiger partial charge in [-0.1, -0.05) is 24.3 Å². The van der Waals surface area contributed by atoms with E-state index >= 15 is 0 Å². The van der Waals surface area contributed by atoms with Gasteiger partial charge in [0.25, 0.3) is 17.7 Å². The largest absolute Gasteiger partial charge is 0.352 e. The number of fused-ring (bicyclic) bond motifs is 1. The molecule has 0 spiro atoms. The van der Waals surface area contributed by atoms with Crippen molar-refractivity contribution in [2.24, 2.45) is 0 Å². The molecule has 1 aliphatic carbocycles. The van der Waals surface area contributed by atoms with E-state index in [9.17, 15) is 19.2 Å². The fourth-order valence-electron chi connectivity index (χ4n) is 3.21. The molecule has 1 fully saturated rings. The number of rotatable bonds is 7. The molecule has 148 valence electrons. The van der Waals surface area contributed by atoms with E-state index in [0.717, 1.165) is 23.3 Å². The number of amides is 4. The van der Waals surface area contributed by atoms with Crippen LogP contribution in [0.25, 0.3) is 0 Å². The monoisotopic (exact) mass is 391 g/mol. The average Bonchev–Trinajstić information content (AvgIpc) is 3.52. The lowest BCUT2D eigenvalue weighted by Crippen LogP contribution is -2.34. The summed E-state index contributed by atoms with van der Waals surface area (Å²) >= 11 is 0. The Morgan fingerprint density at radius 3 is 2.14 bits per heavy atom. The zero-order chi connectivity index (χ0) is 20.4. The number of carbonyl (C=O) groups is 4. The first-order chi connectivity index (χ1) is 14.0. The number of nitrogens with one attached hydrogen (secondary N) is 2. The van der Waals surface area contributed by atoms with Gasteiger partial charge < -0.3 is 10.6 Å². The molecule has 4 rings (SSSR count). The summed E-state index contributed by atoms with van der Waals surface area (Å²) in [6, 6.07) is 14.0. The summed E-state index contributed by atoms with van der Waals surface area (Å²) in [7, 11) is 0. The minimum absolute atomic E-state index is 0.0351. The fourth-order valence-corrected chi connectivity index (χ4v) is 3.21. The van der Waals surface area contributed by atoms with E-state index in [2.05, 4.69) is 10.6 Å². The predicted molar refractivity (Wildman–Crippen MR) is 105 cm³/mol. The maximum absolute atomic E-state index is 12.3. The normalized spacial score (nSPS) is 15.2. The third kappa shape index (κ3) is 4.18. The molecule has 2 N–H and O–H groups in total. The van der Waals surface area contributed by atoms with Crippen LogP contribution in [0.2, 0.25) is 0 Å². The number of nitrogens with zero attached hydrogens (tertiary/aromatic N) is 1. The number of hydrogen-bond donors (Lipinski definition) is 2. The summed E-state index contributed by atoms with van der Waals surface area (Å²) in [6.07, 6.45) is 2.11. The molecule has 0 aromatic heterocycles. The Balaban J connectivity index is 1.25. The number of benzene rings is 2. The van der Waals surface area contributed by atoms with Crippen LogP contribution in [0, 0.1) is 0 Å². The van der Waals surface area contributed by atoms with Crippen molar-refractivity contribution in [3.8, 4) is 0 Å². The molecule has 4 amide bonds. The minimum atomic E-state index is -0.363. The Kier molecular flexibility index (Phi) is 5.12. The van der Waals surface area contributed by atoms with Gasteiger partial charge in [0.1, 0.15) is 0 Å². The number of imide groups is 1. The summed E-state index contributed by atoms with van der Waals surface area (Å²) in [4.78, 5) is 49.8. The first-order valence-corrected chi connectivity index (χ1v) is 9.64. The van der Waals surface area contributed by atoms with Gasteiger partial charge in [0, 0.05) is 31.1 Å². The minimum Gasteiger partial charge on any atom is -0.352 e. The van der Waals surface area contributed by atoms with Crippen molar-refractivity contribution < 1.29 is 19.2 Å². The van der Waals surface area contributed by atoms with E-state index < -0.39 is 0 Å². The Labute approximate surface area is 168 Å². The van der Waals surface area contributed by atoms with Gasteiger partial charge in [0.05, 0.1) is 11.1 Å². The highest BCUT2D eigenvalue weighted by atomic mass is 16.2. The van der Waals surface area contributed by atoms with Crippen LogP contribution < -0.4 is 10.6 Å². The zero-order valence-electron chi connectivity index (χ0n) is 15.8. The molecule has 7 heteroatoms. The third-order valence-corrected chi connectivity index (χ3v) is 5.06. The second-order valence-corrected chi connectivity index (χ2v) is 7.28. The molecule has 7 nitrogen and oxygen atoms in total. The van der Waals surface area contributed by atoms with E-state index in [0.29, 0.717) is 29.3 Å². The highest BCUT2D eigenvalue weighted by molar-refractivity contribution is 6.21. The van der Waals surface area contributed by atoms with Crippen LogP contribution in [0.5, 0.6) is 0 Å². The Bertz CT molecular complexity index is 945. The zero-order valence-corrected chi connectivity index (χ0v) is 15.8. The summed E-state index contributed by atoms with van der Waals surface area (Å²) in [6.45, 7) is 0.351. The molecule has 29 heavy (non-hydrogen) atoms. The lowest BCUT2D eigenvalue weighted by Gasteiger charge is -2.13. The Morgan fingerprint density at radius 2 is 1.55 bits per heavy atom. The van der Waals surface area contributed by atoms with Crippen molar-refractivity contribution in [1.29, 1.82) is 0 Å². The maximum Gasteiger partial charge on any atom is 0.261 e. The summed E-state index contributed by atoms with van der Waals surface area (Å²) in [5, 5.41) is 5.70. The fraction of sp³-hybridized carbons (Fsp3) is 0.273. The van der Waals surface area contributed by atoms with Crippen LogP contribution in [0.15, 0.2) is 48.5 Å². The number of hydrogen-bond acceptors (Lipinski definition) is 4. The molecule has 2 aliphatic rings. The van der Waals surface area contributed by atoms with E-state index in [1.807, 2.05) is 0 Å². The van der Waals surface area contributed by atoms with Crippen molar-refractivity contribution >= 4 is 23.6 Å². The van der Waals surface area contributed by atoms with Crippen LogP contribution >= 0.6 is 0 Å². The molecule has 0 atom stereocenters. The molecule has 0 radical (unpaired) electrons. The van der Waals surface area contributed by atoms with Crippen LogP contribution in [0.3, 0.4) is 0 Å². The molecule has 1 saturated carbocycles. The van der Waals surface area contributed by atoms with Gasteiger partial charge >= 0.3 is 0 Å². The highest BCUT2D eigenvalue weighted by Crippen LogP contribution is 2.22. The van der Waals surface area contributed by atoms with E-state index in [-0.39, 0.29) is 36.6 Å². The van der Waals surface area contributed by atoms with Crippen LogP contribution in [0.4, 0.5) is 0 Å². The molecule has 2 aromatic rings. The Hall–Kier alpha value is -3.48.